The SMILES string of the molecule is O=C(O)N1CCCC(O)(CNc2ccccc2)C1. The molecular formula is C13H18N2O3. The molecule has 0 aromatic heterocycles. The van der Waals surface area contributed by atoms with Gasteiger partial charge in [0.05, 0.1) is 12.1 Å². The van der Waals surface area contributed by atoms with Crippen LogP contribution in [0, 0.1) is 0 Å². The zero-order valence-electron chi connectivity index (χ0n) is 10.2. The van der Waals surface area contributed by atoms with E-state index < -0.39 is 11.7 Å². The van der Waals surface area contributed by atoms with Crippen LogP contribution in [0.25, 0.3) is 0 Å². The molecule has 5 heteroatoms. The number of piperidine rings is 1. The Kier molecular flexibility index (Phi) is 3.72. The van der Waals surface area contributed by atoms with Crippen LogP contribution in [0.2, 0.25) is 0 Å². The molecule has 1 aromatic carbocycles. The van der Waals surface area contributed by atoms with E-state index in [0.29, 0.717) is 25.9 Å². The average molecular weight is 250 g/mol. The summed E-state index contributed by atoms with van der Waals surface area (Å²) in [6.45, 7) is 1.03. The number of amides is 1. The molecule has 5 nitrogen and oxygen atoms in total. The molecule has 1 fully saturated rings. The van der Waals surface area contributed by atoms with Crippen LogP contribution in [0.1, 0.15) is 12.8 Å². The Labute approximate surface area is 106 Å². The molecule has 1 aromatic rings. The van der Waals surface area contributed by atoms with Gasteiger partial charge < -0.3 is 20.4 Å². The first kappa shape index (κ1) is 12.7. The van der Waals surface area contributed by atoms with E-state index >= 15 is 0 Å². The highest BCUT2D eigenvalue weighted by molar-refractivity contribution is 5.65. The van der Waals surface area contributed by atoms with Crippen molar-refractivity contribution in [2.24, 2.45) is 0 Å². The molecular weight excluding hydrogens is 232 g/mol. The van der Waals surface area contributed by atoms with Gasteiger partial charge in [0.25, 0.3) is 0 Å². The highest BCUT2D eigenvalue weighted by Gasteiger charge is 2.34. The quantitative estimate of drug-likeness (QED) is 0.762. The number of hydrogen-bond donors (Lipinski definition) is 3. The molecule has 1 saturated heterocycles. The molecule has 1 aliphatic rings. The molecule has 0 bridgehead atoms. The third-order valence-electron chi connectivity index (χ3n) is 3.22. The largest absolute Gasteiger partial charge is 0.465 e. The molecule has 0 radical (unpaired) electrons. The molecule has 3 N–H and O–H groups in total. The number of nitrogens with one attached hydrogen (secondary N) is 1. The van der Waals surface area contributed by atoms with E-state index in [1.807, 2.05) is 30.3 Å². The number of nitrogens with zero attached hydrogens (tertiary/aromatic N) is 1. The van der Waals surface area contributed by atoms with E-state index in [-0.39, 0.29) is 6.54 Å². The summed E-state index contributed by atoms with van der Waals surface area (Å²) in [4.78, 5) is 12.2. The minimum absolute atomic E-state index is 0.169. The fraction of sp³-hybridized carbons (Fsp3) is 0.462. The Morgan fingerprint density at radius 1 is 1.39 bits per heavy atom. The van der Waals surface area contributed by atoms with Crippen molar-refractivity contribution >= 4 is 11.8 Å². The van der Waals surface area contributed by atoms with Crippen LogP contribution in [-0.2, 0) is 0 Å². The highest BCUT2D eigenvalue weighted by Crippen LogP contribution is 2.22. The van der Waals surface area contributed by atoms with Gasteiger partial charge in [-0.05, 0) is 25.0 Å². The fourth-order valence-corrected chi connectivity index (χ4v) is 2.24. The smallest absolute Gasteiger partial charge is 0.407 e. The first-order valence-electron chi connectivity index (χ1n) is 6.08. The number of benzene rings is 1. The van der Waals surface area contributed by atoms with Crippen molar-refractivity contribution in [3.63, 3.8) is 0 Å². The minimum atomic E-state index is -0.980. The molecule has 0 saturated carbocycles. The van der Waals surface area contributed by atoms with Crippen molar-refractivity contribution < 1.29 is 15.0 Å². The zero-order chi connectivity index (χ0) is 13.0. The lowest BCUT2D eigenvalue weighted by Crippen LogP contribution is -2.53. The predicted octanol–water partition coefficient (Wildman–Crippen LogP) is 1.60. The highest BCUT2D eigenvalue weighted by atomic mass is 16.4. The van der Waals surface area contributed by atoms with Gasteiger partial charge in [-0.2, -0.15) is 0 Å². The zero-order valence-corrected chi connectivity index (χ0v) is 10.2. The van der Waals surface area contributed by atoms with Gasteiger partial charge >= 0.3 is 6.09 Å². The molecule has 1 amide bonds. The van der Waals surface area contributed by atoms with E-state index in [2.05, 4.69) is 5.32 Å². The van der Waals surface area contributed by atoms with E-state index in [1.165, 1.54) is 4.90 Å². The molecule has 1 atom stereocenters. The third kappa shape index (κ3) is 3.13. The van der Waals surface area contributed by atoms with Crippen LogP contribution < -0.4 is 5.32 Å². The van der Waals surface area contributed by atoms with Crippen LogP contribution in [0.5, 0.6) is 0 Å². The van der Waals surface area contributed by atoms with Gasteiger partial charge in [0.2, 0.25) is 0 Å². The fourth-order valence-electron chi connectivity index (χ4n) is 2.24. The van der Waals surface area contributed by atoms with Crippen LogP contribution >= 0.6 is 0 Å². The summed E-state index contributed by atoms with van der Waals surface area (Å²) in [6, 6.07) is 9.59. The number of rotatable bonds is 3. The number of aliphatic hydroxyl groups is 1. The first-order chi connectivity index (χ1) is 8.59. The number of carbonyl (C=O) groups is 1. The number of hydrogen-bond acceptors (Lipinski definition) is 3. The Hall–Kier alpha value is -1.75. The second-order valence-electron chi connectivity index (χ2n) is 4.75. The molecule has 18 heavy (non-hydrogen) atoms. The second kappa shape index (κ2) is 5.27. The predicted molar refractivity (Wildman–Crippen MR) is 68.7 cm³/mol. The summed E-state index contributed by atoms with van der Waals surface area (Å²) in [6.07, 6.45) is 0.350. The summed E-state index contributed by atoms with van der Waals surface area (Å²) in [5.74, 6) is 0. The maximum Gasteiger partial charge on any atom is 0.407 e. The minimum Gasteiger partial charge on any atom is -0.465 e. The topological polar surface area (TPSA) is 72.8 Å². The molecule has 1 heterocycles. The van der Waals surface area contributed by atoms with Crippen LogP contribution in [0.4, 0.5) is 10.5 Å². The Morgan fingerprint density at radius 3 is 2.78 bits per heavy atom. The molecule has 1 unspecified atom stereocenters. The van der Waals surface area contributed by atoms with Crippen molar-refractivity contribution in [3.05, 3.63) is 30.3 Å². The third-order valence-corrected chi connectivity index (χ3v) is 3.22. The Bertz CT molecular complexity index is 410. The van der Waals surface area contributed by atoms with Gasteiger partial charge in [-0.3, -0.25) is 0 Å². The maximum absolute atomic E-state index is 10.9. The molecule has 2 rings (SSSR count). The summed E-state index contributed by atoms with van der Waals surface area (Å²) in [7, 11) is 0. The van der Waals surface area contributed by atoms with Crippen LogP contribution in [-0.4, -0.2) is 46.4 Å². The van der Waals surface area contributed by atoms with Crippen molar-refractivity contribution in [2.75, 3.05) is 25.0 Å². The normalized spacial score (nSPS) is 23.7. The van der Waals surface area contributed by atoms with Crippen molar-refractivity contribution in [1.29, 1.82) is 0 Å². The van der Waals surface area contributed by atoms with Crippen molar-refractivity contribution in [2.45, 2.75) is 18.4 Å². The number of para-hydroxylation sites is 1. The van der Waals surface area contributed by atoms with Crippen molar-refractivity contribution in [3.8, 4) is 0 Å². The lowest BCUT2D eigenvalue weighted by Gasteiger charge is -2.38. The van der Waals surface area contributed by atoms with Gasteiger partial charge in [0, 0.05) is 18.8 Å². The van der Waals surface area contributed by atoms with Gasteiger partial charge in [-0.25, -0.2) is 4.79 Å². The second-order valence-corrected chi connectivity index (χ2v) is 4.75. The van der Waals surface area contributed by atoms with Gasteiger partial charge in [0.1, 0.15) is 0 Å². The summed E-state index contributed by atoms with van der Waals surface area (Å²) < 4.78 is 0. The lowest BCUT2D eigenvalue weighted by atomic mass is 9.93. The summed E-state index contributed by atoms with van der Waals surface area (Å²) in [5.41, 5.74) is -0.0506. The van der Waals surface area contributed by atoms with Gasteiger partial charge in [0.15, 0.2) is 0 Å². The lowest BCUT2D eigenvalue weighted by molar-refractivity contribution is -0.0146. The number of β-amino-alcohol motifs (C(OH)–C–C–N with tert-alkyl or cyclic N) is 1. The maximum atomic E-state index is 10.9. The number of carboxylic acid groups (broad SMARTS) is 1. The molecule has 1 aliphatic heterocycles. The monoisotopic (exact) mass is 250 g/mol. The van der Waals surface area contributed by atoms with Crippen LogP contribution in [0.3, 0.4) is 0 Å². The molecule has 98 valence electrons. The number of anilines is 1. The van der Waals surface area contributed by atoms with E-state index in [0.717, 1.165) is 5.69 Å². The van der Waals surface area contributed by atoms with E-state index in [1.54, 1.807) is 0 Å². The number of likely N-dealkylation sites (tertiary alicyclic amines) is 1. The Morgan fingerprint density at radius 2 is 2.11 bits per heavy atom. The standard InChI is InChI=1S/C13H18N2O3/c16-12(17)15-8-4-7-13(18,10-15)9-14-11-5-2-1-3-6-11/h1-3,5-6,14,18H,4,7-10H2,(H,16,17). The summed E-state index contributed by atoms with van der Waals surface area (Å²) in [5, 5.41) is 22.5. The van der Waals surface area contributed by atoms with E-state index in [4.69, 9.17) is 5.11 Å². The Balaban J connectivity index is 1.93. The molecule has 0 aliphatic carbocycles. The average Bonchev–Trinajstić information content (AvgIpc) is 2.38. The summed E-state index contributed by atoms with van der Waals surface area (Å²) >= 11 is 0. The van der Waals surface area contributed by atoms with Crippen LogP contribution in [0.15, 0.2) is 30.3 Å². The van der Waals surface area contributed by atoms with Gasteiger partial charge in [-0.15, -0.1) is 0 Å². The van der Waals surface area contributed by atoms with E-state index in [9.17, 15) is 9.90 Å². The van der Waals surface area contributed by atoms with Gasteiger partial charge in [-0.1, -0.05) is 18.2 Å². The van der Waals surface area contributed by atoms with Crippen molar-refractivity contribution in [1.82, 2.24) is 4.90 Å². The first-order valence-corrected chi connectivity index (χ1v) is 6.08. The molecule has 0 spiro atoms.